The van der Waals surface area contributed by atoms with Gasteiger partial charge in [-0.3, -0.25) is 0 Å². The zero-order chi connectivity index (χ0) is 7.56. The van der Waals surface area contributed by atoms with Crippen LogP contribution in [-0.2, 0) is 0 Å². The molecule has 0 amide bonds. The van der Waals surface area contributed by atoms with Gasteiger partial charge in [0.25, 0.3) is 0 Å². The van der Waals surface area contributed by atoms with Gasteiger partial charge in [0.05, 0.1) is 0 Å². The SMILES string of the molecule is Cc1ccc(C)c([NH][Tl])c1. The average molecular weight is 325 g/mol. The topological polar surface area (TPSA) is 12.0 Å². The molecule has 1 aromatic carbocycles. The fourth-order valence-electron chi connectivity index (χ4n) is 0.891. The van der Waals surface area contributed by atoms with Crippen LogP contribution in [-0.4, -0.2) is 26.1 Å². The maximum atomic E-state index is 3.30. The van der Waals surface area contributed by atoms with Crippen molar-refractivity contribution in [3.63, 3.8) is 0 Å². The molecule has 0 aliphatic heterocycles. The number of rotatable bonds is 1. The van der Waals surface area contributed by atoms with Crippen LogP contribution in [0.5, 0.6) is 0 Å². The van der Waals surface area contributed by atoms with Gasteiger partial charge in [0.15, 0.2) is 0 Å². The molecule has 0 bridgehead atoms. The van der Waals surface area contributed by atoms with Gasteiger partial charge in [0, 0.05) is 0 Å². The fourth-order valence-corrected chi connectivity index (χ4v) is 2.10. The van der Waals surface area contributed by atoms with Crippen LogP contribution in [0, 0.1) is 13.8 Å². The van der Waals surface area contributed by atoms with E-state index in [-0.39, 0.29) is 0 Å². The Hall–Kier alpha value is -0.0579. The summed E-state index contributed by atoms with van der Waals surface area (Å²) >= 11 is 0.838. The van der Waals surface area contributed by atoms with Crippen molar-refractivity contribution < 1.29 is 0 Å². The van der Waals surface area contributed by atoms with E-state index in [0.29, 0.717) is 0 Å². The molecular formula is C8H10NTl. The van der Waals surface area contributed by atoms with Gasteiger partial charge < -0.3 is 0 Å². The zero-order valence-electron chi connectivity index (χ0n) is 6.31. The van der Waals surface area contributed by atoms with Crippen molar-refractivity contribution in [3.05, 3.63) is 29.3 Å². The van der Waals surface area contributed by atoms with Crippen LogP contribution in [0.2, 0.25) is 0 Å². The Kier molecular flexibility index (Phi) is 2.71. The molecule has 2 heteroatoms. The summed E-state index contributed by atoms with van der Waals surface area (Å²) in [5.41, 5.74) is 3.96. The molecule has 0 atom stereocenters. The maximum absolute atomic E-state index is 3.30. The van der Waals surface area contributed by atoms with E-state index < -0.39 is 0 Å². The summed E-state index contributed by atoms with van der Waals surface area (Å²) in [6.07, 6.45) is 0. The minimum absolute atomic E-state index is 0.838. The second-order valence-corrected chi connectivity index (χ2v) is 3.58. The Bertz CT molecular complexity index is 233. The van der Waals surface area contributed by atoms with Crippen LogP contribution in [0.1, 0.15) is 11.1 Å². The second kappa shape index (κ2) is 3.37. The van der Waals surface area contributed by atoms with Gasteiger partial charge in [-0.2, -0.15) is 0 Å². The molecule has 1 aromatic rings. The fraction of sp³-hybridized carbons (Fsp3) is 0.250. The van der Waals surface area contributed by atoms with Gasteiger partial charge in [0.2, 0.25) is 0 Å². The first-order valence-electron chi connectivity index (χ1n) is 3.28. The van der Waals surface area contributed by atoms with Crippen LogP contribution in [0.25, 0.3) is 0 Å². The van der Waals surface area contributed by atoms with Crippen LogP contribution < -0.4 is 3.13 Å². The third-order valence-corrected chi connectivity index (χ3v) is 2.76. The van der Waals surface area contributed by atoms with E-state index in [1.165, 1.54) is 16.8 Å². The molecule has 0 spiro atoms. The second-order valence-electron chi connectivity index (χ2n) is 2.46. The van der Waals surface area contributed by atoms with Gasteiger partial charge in [-0.05, 0) is 0 Å². The summed E-state index contributed by atoms with van der Waals surface area (Å²) in [5.74, 6) is 0. The molecule has 0 aromatic heterocycles. The molecule has 0 saturated carbocycles. The number of hydrogen-bond donors (Lipinski definition) is 1. The molecule has 0 unspecified atom stereocenters. The molecule has 0 saturated heterocycles. The Morgan fingerprint density at radius 1 is 1.30 bits per heavy atom. The van der Waals surface area contributed by atoms with E-state index >= 15 is 0 Å². The number of aryl methyl sites for hydroxylation is 2. The summed E-state index contributed by atoms with van der Waals surface area (Å²) in [6.45, 7) is 4.25. The third kappa shape index (κ3) is 1.71. The van der Waals surface area contributed by atoms with Crippen LogP contribution in [0.15, 0.2) is 18.2 Å². The molecule has 0 radical (unpaired) electrons. The summed E-state index contributed by atoms with van der Waals surface area (Å²) in [5, 5.41) is 0. The molecule has 1 rings (SSSR count). The summed E-state index contributed by atoms with van der Waals surface area (Å²) in [4.78, 5) is 0. The van der Waals surface area contributed by atoms with Crippen molar-refractivity contribution in [2.75, 3.05) is 3.13 Å². The van der Waals surface area contributed by atoms with Gasteiger partial charge in [-0.1, -0.05) is 0 Å². The summed E-state index contributed by atoms with van der Waals surface area (Å²) in [6, 6.07) is 6.48. The molecule has 1 N–H and O–H groups in total. The third-order valence-electron chi connectivity index (χ3n) is 1.55. The minimum atomic E-state index is 0.838. The van der Waals surface area contributed by atoms with E-state index in [0.717, 1.165) is 26.1 Å². The Labute approximate surface area is 77.9 Å². The monoisotopic (exact) mass is 325 g/mol. The van der Waals surface area contributed by atoms with Gasteiger partial charge in [-0.25, -0.2) is 0 Å². The van der Waals surface area contributed by atoms with Crippen LogP contribution >= 0.6 is 0 Å². The van der Waals surface area contributed by atoms with Crippen LogP contribution in [0.3, 0.4) is 0 Å². The van der Waals surface area contributed by atoms with Crippen molar-refractivity contribution in [1.29, 1.82) is 0 Å². The number of hydrogen-bond acceptors (Lipinski definition) is 1. The van der Waals surface area contributed by atoms with E-state index in [2.05, 4.69) is 35.2 Å². The Balaban J connectivity index is 3.09. The quantitative estimate of drug-likeness (QED) is 0.777. The number of nitrogens with one attached hydrogen (secondary N) is 1. The number of anilines is 1. The van der Waals surface area contributed by atoms with Crippen molar-refractivity contribution in [1.82, 2.24) is 0 Å². The Morgan fingerprint density at radius 3 is 2.50 bits per heavy atom. The van der Waals surface area contributed by atoms with Crippen molar-refractivity contribution >= 4 is 31.8 Å². The van der Waals surface area contributed by atoms with Crippen molar-refractivity contribution in [2.24, 2.45) is 0 Å². The molecule has 1 nitrogen and oxygen atoms in total. The molecule has 0 heterocycles. The normalized spacial score (nSPS) is 9.30. The standard InChI is InChI=1S/C8H10N.Tl/c1-6-3-4-7(2)8(9)5-6;/h3-5,9H,1-2H3;/q-1;+1. The summed E-state index contributed by atoms with van der Waals surface area (Å²) in [7, 11) is 0. The van der Waals surface area contributed by atoms with Gasteiger partial charge >= 0.3 is 78.1 Å². The van der Waals surface area contributed by atoms with E-state index in [9.17, 15) is 0 Å². The zero-order valence-corrected chi connectivity index (χ0v) is 10.8. The van der Waals surface area contributed by atoms with E-state index in [1.807, 2.05) is 0 Å². The molecule has 0 aliphatic rings. The van der Waals surface area contributed by atoms with Gasteiger partial charge in [0.1, 0.15) is 0 Å². The average Bonchev–Trinajstić information content (AvgIpc) is 1.94. The van der Waals surface area contributed by atoms with Crippen molar-refractivity contribution in [2.45, 2.75) is 13.8 Å². The molecule has 10 heavy (non-hydrogen) atoms. The molecule has 50 valence electrons. The van der Waals surface area contributed by atoms with Gasteiger partial charge in [-0.15, -0.1) is 0 Å². The first-order valence-corrected chi connectivity index (χ1v) is 5.52. The first-order chi connectivity index (χ1) is 4.74. The molecular weight excluding hydrogens is 314 g/mol. The summed E-state index contributed by atoms with van der Waals surface area (Å²) < 4.78 is 3.30. The Morgan fingerprint density at radius 2 is 2.00 bits per heavy atom. The predicted molar refractivity (Wildman–Crippen MR) is 45.3 cm³/mol. The predicted octanol–water partition coefficient (Wildman–Crippen LogP) is 1.80. The van der Waals surface area contributed by atoms with Crippen LogP contribution in [0.4, 0.5) is 5.69 Å². The molecule has 0 fully saturated rings. The first kappa shape index (κ1) is 8.04. The number of benzene rings is 1. The van der Waals surface area contributed by atoms with E-state index in [4.69, 9.17) is 0 Å². The molecule has 0 aliphatic carbocycles. The van der Waals surface area contributed by atoms with Crippen molar-refractivity contribution in [3.8, 4) is 0 Å². The van der Waals surface area contributed by atoms with E-state index in [1.54, 1.807) is 0 Å².